The van der Waals surface area contributed by atoms with Crippen molar-refractivity contribution in [2.45, 2.75) is 6.61 Å². The summed E-state index contributed by atoms with van der Waals surface area (Å²) in [5.41, 5.74) is 0.0991. The molecule has 4 aromatic rings. The van der Waals surface area contributed by atoms with E-state index in [0.29, 0.717) is 21.3 Å². The predicted octanol–water partition coefficient (Wildman–Crippen LogP) is 3.79. The van der Waals surface area contributed by atoms with Crippen LogP contribution in [0.1, 0.15) is 16.2 Å². The molecule has 0 aliphatic rings. The number of aromatic hydroxyl groups is 1. The number of esters is 1. The van der Waals surface area contributed by atoms with Crippen molar-refractivity contribution in [1.82, 2.24) is 9.97 Å². The number of halogens is 1. The van der Waals surface area contributed by atoms with E-state index in [-0.39, 0.29) is 29.3 Å². The average Bonchev–Trinajstić information content (AvgIpc) is 2.66. The van der Waals surface area contributed by atoms with Gasteiger partial charge in [0, 0.05) is 10.4 Å². The Morgan fingerprint density at radius 1 is 1.11 bits per heavy atom. The number of ether oxygens (including phenoxy) is 1. The minimum absolute atomic E-state index is 0.0416. The van der Waals surface area contributed by atoms with Gasteiger partial charge in [0.05, 0.1) is 10.9 Å². The molecular formula is C20H13ClN2O4. The lowest BCUT2D eigenvalue weighted by Gasteiger charge is -2.09. The fraction of sp³-hybridized carbons (Fsp3) is 0.0500. The number of benzene rings is 3. The van der Waals surface area contributed by atoms with Gasteiger partial charge in [0.15, 0.2) is 0 Å². The van der Waals surface area contributed by atoms with Crippen molar-refractivity contribution >= 4 is 39.2 Å². The number of fused-ring (bicyclic) bond motifs is 2. The fourth-order valence-electron chi connectivity index (χ4n) is 2.86. The quantitative estimate of drug-likeness (QED) is 0.527. The Morgan fingerprint density at radius 2 is 1.93 bits per heavy atom. The molecule has 1 heterocycles. The third kappa shape index (κ3) is 3.22. The minimum Gasteiger partial charge on any atom is -0.506 e. The first kappa shape index (κ1) is 17.1. The Labute approximate surface area is 158 Å². The van der Waals surface area contributed by atoms with E-state index >= 15 is 0 Å². The number of carbonyl (C=O) groups excluding carboxylic acids is 1. The van der Waals surface area contributed by atoms with Gasteiger partial charge in [0.2, 0.25) is 0 Å². The van der Waals surface area contributed by atoms with E-state index in [4.69, 9.17) is 16.3 Å². The second kappa shape index (κ2) is 6.74. The van der Waals surface area contributed by atoms with Gasteiger partial charge in [-0.25, -0.2) is 9.78 Å². The number of hydrogen-bond acceptors (Lipinski definition) is 5. The molecule has 0 radical (unpaired) electrons. The van der Waals surface area contributed by atoms with Gasteiger partial charge in [-0.1, -0.05) is 41.9 Å². The van der Waals surface area contributed by atoms with E-state index in [0.717, 1.165) is 5.39 Å². The number of rotatable bonds is 3. The second-order valence-electron chi connectivity index (χ2n) is 5.93. The van der Waals surface area contributed by atoms with Crippen molar-refractivity contribution in [2.75, 3.05) is 0 Å². The van der Waals surface area contributed by atoms with Crippen LogP contribution >= 0.6 is 11.6 Å². The summed E-state index contributed by atoms with van der Waals surface area (Å²) < 4.78 is 5.21. The normalized spacial score (nSPS) is 11.0. The van der Waals surface area contributed by atoms with Crippen molar-refractivity contribution in [3.05, 3.63) is 81.4 Å². The summed E-state index contributed by atoms with van der Waals surface area (Å²) in [6.45, 7) is -0.247. The first-order chi connectivity index (χ1) is 13.0. The highest BCUT2D eigenvalue weighted by molar-refractivity contribution is 6.31. The van der Waals surface area contributed by atoms with Crippen LogP contribution in [0.2, 0.25) is 5.02 Å². The Morgan fingerprint density at radius 3 is 2.78 bits per heavy atom. The van der Waals surface area contributed by atoms with Crippen LogP contribution in [0.25, 0.3) is 21.7 Å². The number of carbonyl (C=O) groups is 1. The molecule has 134 valence electrons. The standard InChI is InChI=1S/C20H13ClN2O4/c21-12-6-8-14-16(9-12)22-17(23-19(14)25)10-27-20(26)15-7-5-11-3-1-2-4-13(11)18(15)24/h1-9,24H,10H2,(H,22,23,25). The average molecular weight is 381 g/mol. The van der Waals surface area contributed by atoms with Gasteiger partial charge in [0.1, 0.15) is 23.7 Å². The summed E-state index contributed by atoms with van der Waals surface area (Å²) >= 11 is 5.93. The van der Waals surface area contributed by atoms with Crippen LogP contribution in [0.4, 0.5) is 0 Å². The van der Waals surface area contributed by atoms with Gasteiger partial charge in [-0.05, 0) is 29.7 Å². The maximum absolute atomic E-state index is 12.4. The molecule has 0 spiro atoms. The van der Waals surface area contributed by atoms with Crippen molar-refractivity contribution < 1.29 is 14.6 Å². The van der Waals surface area contributed by atoms with Crippen molar-refractivity contribution in [3.63, 3.8) is 0 Å². The molecule has 7 heteroatoms. The lowest BCUT2D eigenvalue weighted by Crippen LogP contribution is -2.14. The smallest absolute Gasteiger partial charge is 0.342 e. The third-order valence-corrected chi connectivity index (χ3v) is 4.41. The highest BCUT2D eigenvalue weighted by Gasteiger charge is 2.16. The highest BCUT2D eigenvalue weighted by Crippen LogP contribution is 2.29. The van der Waals surface area contributed by atoms with E-state index in [1.165, 1.54) is 6.07 Å². The Kier molecular flexibility index (Phi) is 4.25. The number of nitrogens with zero attached hydrogens (tertiary/aromatic N) is 1. The van der Waals surface area contributed by atoms with Crippen LogP contribution in [0.5, 0.6) is 5.75 Å². The highest BCUT2D eigenvalue weighted by atomic mass is 35.5. The lowest BCUT2D eigenvalue weighted by atomic mass is 10.1. The molecule has 0 bridgehead atoms. The topological polar surface area (TPSA) is 92.3 Å². The molecule has 0 aliphatic carbocycles. The van der Waals surface area contributed by atoms with Crippen LogP contribution in [-0.4, -0.2) is 21.0 Å². The zero-order chi connectivity index (χ0) is 19.0. The summed E-state index contributed by atoms with van der Waals surface area (Å²) in [6, 6.07) is 15.1. The Bertz CT molecular complexity index is 1250. The van der Waals surface area contributed by atoms with E-state index < -0.39 is 5.97 Å². The van der Waals surface area contributed by atoms with Gasteiger partial charge in [-0.15, -0.1) is 0 Å². The molecule has 0 saturated heterocycles. The zero-order valence-electron chi connectivity index (χ0n) is 13.9. The van der Waals surface area contributed by atoms with Crippen LogP contribution in [0.15, 0.2) is 59.4 Å². The number of phenols is 1. The SMILES string of the molecule is O=C(OCc1nc2cc(Cl)ccc2c(=O)[nH]1)c1ccc2ccccc2c1O. The molecule has 0 aliphatic heterocycles. The lowest BCUT2D eigenvalue weighted by molar-refractivity contribution is 0.0459. The first-order valence-corrected chi connectivity index (χ1v) is 8.47. The van der Waals surface area contributed by atoms with Gasteiger partial charge < -0.3 is 14.8 Å². The Hall–Kier alpha value is -3.38. The summed E-state index contributed by atoms with van der Waals surface area (Å²) in [5, 5.41) is 12.5. The van der Waals surface area contributed by atoms with E-state index in [9.17, 15) is 14.7 Å². The molecular weight excluding hydrogens is 368 g/mol. The van der Waals surface area contributed by atoms with E-state index in [1.54, 1.807) is 36.4 Å². The van der Waals surface area contributed by atoms with Crippen molar-refractivity contribution in [3.8, 4) is 5.75 Å². The molecule has 0 fully saturated rings. The molecule has 0 saturated carbocycles. The van der Waals surface area contributed by atoms with E-state index in [1.807, 2.05) is 12.1 Å². The number of phenolic OH excluding ortho intramolecular Hbond substituents is 1. The molecule has 0 amide bonds. The maximum atomic E-state index is 12.4. The second-order valence-corrected chi connectivity index (χ2v) is 6.37. The third-order valence-electron chi connectivity index (χ3n) is 4.18. The molecule has 1 aromatic heterocycles. The number of H-pyrrole nitrogens is 1. The fourth-order valence-corrected chi connectivity index (χ4v) is 3.03. The van der Waals surface area contributed by atoms with Gasteiger partial charge >= 0.3 is 5.97 Å². The minimum atomic E-state index is -0.716. The first-order valence-electron chi connectivity index (χ1n) is 8.09. The molecule has 3 aromatic carbocycles. The number of nitrogens with one attached hydrogen (secondary N) is 1. The largest absolute Gasteiger partial charge is 0.506 e. The summed E-state index contributed by atoms with van der Waals surface area (Å²) in [6.07, 6.45) is 0. The van der Waals surface area contributed by atoms with Crippen LogP contribution < -0.4 is 5.56 Å². The van der Waals surface area contributed by atoms with Gasteiger partial charge in [0.25, 0.3) is 5.56 Å². The molecule has 4 rings (SSSR count). The number of aromatic amines is 1. The maximum Gasteiger partial charge on any atom is 0.342 e. The van der Waals surface area contributed by atoms with E-state index in [2.05, 4.69) is 9.97 Å². The predicted molar refractivity (Wildman–Crippen MR) is 102 cm³/mol. The van der Waals surface area contributed by atoms with Gasteiger partial charge in [-0.3, -0.25) is 4.79 Å². The number of hydrogen-bond donors (Lipinski definition) is 2. The summed E-state index contributed by atoms with van der Waals surface area (Å²) in [4.78, 5) is 31.3. The van der Waals surface area contributed by atoms with Crippen LogP contribution in [0, 0.1) is 0 Å². The number of aromatic nitrogens is 2. The van der Waals surface area contributed by atoms with Crippen LogP contribution in [0.3, 0.4) is 0 Å². The molecule has 0 atom stereocenters. The summed E-state index contributed by atoms with van der Waals surface area (Å²) in [7, 11) is 0. The molecule has 27 heavy (non-hydrogen) atoms. The summed E-state index contributed by atoms with van der Waals surface area (Å²) in [5.74, 6) is -0.680. The molecule has 0 unspecified atom stereocenters. The van der Waals surface area contributed by atoms with Gasteiger partial charge in [-0.2, -0.15) is 0 Å². The van der Waals surface area contributed by atoms with Crippen LogP contribution in [-0.2, 0) is 11.3 Å². The Balaban J connectivity index is 1.60. The van der Waals surface area contributed by atoms with Crippen molar-refractivity contribution in [2.24, 2.45) is 0 Å². The molecule has 6 nitrogen and oxygen atoms in total. The molecule has 2 N–H and O–H groups in total. The van der Waals surface area contributed by atoms with Crippen molar-refractivity contribution in [1.29, 1.82) is 0 Å². The monoisotopic (exact) mass is 380 g/mol. The zero-order valence-corrected chi connectivity index (χ0v) is 14.7.